The highest BCUT2D eigenvalue weighted by Crippen LogP contribution is 2.23. The van der Waals surface area contributed by atoms with Gasteiger partial charge in [0, 0.05) is 12.4 Å². The minimum atomic E-state index is 0.154. The molecule has 3 nitrogen and oxygen atoms in total. The Bertz CT molecular complexity index is 459. The Morgan fingerprint density at radius 2 is 1.94 bits per heavy atom. The second-order valence-electron chi connectivity index (χ2n) is 3.46. The summed E-state index contributed by atoms with van der Waals surface area (Å²) in [4.78, 5) is 8.47. The van der Waals surface area contributed by atoms with E-state index in [1.54, 1.807) is 12.4 Å². The Balaban J connectivity index is 2.14. The van der Waals surface area contributed by atoms with Gasteiger partial charge < -0.3 is 5.32 Å². The highest BCUT2D eigenvalue weighted by atomic mass is 79.9. The first kappa shape index (κ1) is 11.1. The number of rotatable bonds is 3. The van der Waals surface area contributed by atoms with Crippen LogP contribution in [0.15, 0.2) is 47.3 Å². The molecular formula is C12H12BrN3. The molecule has 1 unspecified atom stereocenters. The molecular weight excluding hydrogens is 266 g/mol. The largest absolute Gasteiger partial charge is 0.375 e. The topological polar surface area (TPSA) is 37.8 Å². The zero-order valence-corrected chi connectivity index (χ0v) is 10.5. The molecule has 16 heavy (non-hydrogen) atoms. The number of aromatic nitrogens is 2. The van der Waals surface area contributed by atoms with Gasteiger partial charge in [0.1, 0.15) is 4.60 Å². The predicted octanol–water partition coefficient (Wildman–Crippen LogP) is 3.41. The third-order valence-corrected chi connectivity index (χ3v) is 2.89. The molecule has 0 aromatic carbocycles. The van der Waals surface area contributed by atoms with E-state index in [-0.39, 0.29) is 6.04 Å². The van der Waals surface area contributed by atoms with Crippen LogP contribution in [0.4, 0.5) is 5.69 Å². The maximum absolute atomic E-state index is 4.31. The van der Waals surface area contributed by atoms with Crippen LogP contribution in [-0.4, -0.2) is 9.97 Å². The summed E-state index contributed by atoms with van der Waals surface area (Å²) in [5.41, 5.74) is 1.99. The number of nitrogens with zero attached hydrogens (tertiary/aromatic N) is 2. The predicted molar refractivity (Wildman–Crippen MR) is 68.2 cm³/mol. The fraction of sp³-hybridized carbons (Fsp3) is 0.167. The summed E-state index contributed by atoms with van der Waals surface area (Å²) in [6, 6.07) is 9.94. The molecule has 2 heterocycles. The normalized spacial score (nSPS) is 12.1. The first-order chi connectivity index (χ1) is 7.77. The Hall–Kier alpha value is -1.42. The van der Waals surface area contributed by atoms with Crippen LogP contribution in [0.1, 0.15) is 18.7 Å². The summed E-state index contributed by atoms with van der Waals surface area (Å²) in [5, 5.41) is 3.35. The average molecular weight is 278 g/mol. The maximum atomic E-state index is 4.31. The van der Waals surface area contributed by atoms with Crippen molar-refractivity contribution in [3.63, 3.8) is 0 Å². The Kier molecular flexibility index (Phi) is 3.51. The van der Waals surface area contributed by atoms with E-state index in [1.807, 2.05) is 30.3 Å². The number of pyridine rings is 2. The fourth-order valence-electron chi connectivity index (χ4n) is 1.43. The molecule has 2 rings (SSSR count). The van der Waals surface area contributed by atoms with E-state index >= 15 is 0 Å². The lowest BCUT2D eigenvalue weighted by molar-refractivity contribution is 0.837. The van der Waals surface area contributed by atoms with E-state index in [9.17, 15) is 0 Å². The summed E-state index contributed by atoms with van der Waals surface area (Å²) in [5.74, 6) is 0. The lowest BCUT2D eigenvalue weighted by Gasteiger charge is -2.15. The molecule has 0 spiro atoms. The highest BCUT2D eigenvalue weighted by molar-refractivity contribution is 9.10. The van der Waals surface area contributed by atoms with Crippen molar-refractivity contribution in [3.8, 4) is 0 Å². The number of anilines is 1. The van der Waals surface area contributed by atoms with Crippen LogP contribution in [-0.2, 0) is 0 Å². The quantitative estimate of drug-likeness (QED) is 0.874. The van der Waals surface area contributed by atoms with Gasteiger partial charge in [0.05, 0.1) is 17.4 Å². The molecule has 0 aliphatic rings. The van der Waals surface area contributed by atoms with Gasteiger partial charge in [0.2, 0.25) is 0 Å². The molecule has 1 atom stereocenters. The van der Waals surface area contributed by atoms with Gasteiger partial charge in [-0.25, -0.2) is 4.98 Å². The number of hydrogen-bond donors (Lipinski definition) is 1. The molecule has 0 aliphatic heterocycles. The summed E-state index contributed by atoms with van der Waals surface area (Å²) in [6.07, 6.45) is 3.55. The lowest BCUT2D eigenvalue weighted by atomic mass is 10.2. The summed E-state index contributed by atoms with van der Waals surface area (Å²) in [6.45, 7) is 2.07. The first-order valence-corrected chi connectivity index (χ1v) is 5.84. The molecule has 2 aromatic rings. The van der Waals surface area contributed by atoms with Gasteiger partial charge in [-0.3, -0.25) is 4.98 Å². The van der Waals surface area contributed by atoms with Crippen molar-refractivity contribution in [3.05, 3.63) is 53.0 Å². The molecule has 1 N–H and O–H groups in total. The summed E-state index contributed by atoms with van der Waals surface area (Å²) >= 11 is 3.40. The van der Waals surface area contributed by atoms with Crippen LogP contribution in [0.5, 0.6) is 0 Å². The van der Waals surface area contributed by atoms with Gasteiger partial charge in [-0.1, -0.05) is 6.07 Å². The smallest absolute Gasteiger partial charge is 0.129 e. The molecule has 82 valence electrons. The number of nitrogens with one attached hydrogen (secondary N) is 1. The van der Waals surface area contributed by atoms with E-state index in [2.05, 4.69) is 38.1 Å². The van der Waals surface area contributed by atoms with Crippen molar-refractivity contribution in [2.24, 2.45) is 0 Å². The summed E-state index contributed by atoms with van der Waals surface area (Å²) in [7, 11) is 0. The Labute approximate surface area is 103 Å². The molecule has 0 bridgehead atoms. The van der Waals surface area contributed by atoms with Crippen LogP contribution in [0.3, 0.4) is 0 Å². The van der Waals surface area contributed by atoms with Gasteiger partial charge in [-0.05, 0) is 47.1 Å². The van der Waals surface area contributed by atoms with E-state index in [0.29, 0.717) is 0 Å². The minimum Gasteiger partial charge on any atom is -0.375 e. The lowest BCUT2D eigenvalue weighted by Crippen LogP contribution is -2.08. The molecule has 0 amide bonds. The molecule has 2 aromatic heterocycles. The monoisotopic (exact) mass is 277 g/mol. The van der Waals surface area contributed by atoms with Crippen LogP contribution < -0.4 is 5.32 Å². The van der Waals surface area contributed by atoms with E-state index in [0.717, 1.165) is 16.0 Å². The molecule has 0 aliphatic carbocycles. The van der Waals surface area contributed by atoms with E-state index < -0.39 is 0 Å². The van der Waals surface area contributed by atoms with Crippen molar-refractivity contribution in [1.29, 1.82) is 0 Å². The molecule has 0 saturated carbocycles. The standard InChI is InChI=1S/C12H12BrN3/c1-9(10-5-2-3-7-14-10)16-11-6-4-8-15-12(11)13/h2-9,16H,1H3. The summed E-state index contributed by atoms with van der Waals surface area (Å²) < 4.78 is 0.817. The van der Waals surface area contributed by atoms with Crippen molar-refractivity contribution >= 4 is 21.6 Å². The number of halogens is 1. The molecule has 0 fully saturated rings. The van der Waals surface area contributed by atoms with Crippen LogP contribution in [0.2, 0.25) is 0 Å². The van der Waals surface area contributed by atoms with Crippen molar-refractivity contribution in [1.82, 2.24) is 9.97 Å². The SMILES string of the molecule is CC(Nc1cccnc1Br)c1ccccn1. The third kappa shape index (κ3) is 2.58. The molecule has 0 saturated heterocycles. The number of hydrogen-bond acceptors (Lipinski definition) is 3. The van der Waals surface area contributed by atoms with Gasteiger partial charge >= 0.3 is 0 Å². The fourth-order valence-corrected chi connectivity index (χ4v) is 1.80. The van der Waals surface area contributed by atoms with E-state index in [1.165, 1.54) is 0 Å². The average Bonchev–Trinajstić information content (AvgIpc) is 2.33. The van der Waals surface area contributed by atoms with Crippen LogP contribution in [0.25, 0.3) is 0 Å². The van der Waals surface area contributed by atoms with Gasteiger partial charge in [-0.15, -0.1) is 0 Å². The maximum Gasteiger partial charge on any atom is 0.129 e. The second kappa shape index (κ2) is 5.07. The first-order valence-electron chi connectivity index (χ1n) is 5.05. The van der Waals surface area contributed by atoms with Crippen molar-refractivity contribution < 1.29 is 0 Å². The zero-order chi connectivity index (χ0) is 11.4. The van der Waals surface area contributed by atoms with Crippen LogP contribution >= 0.6 is 15.9 Å². The van der Waals surface area contributed by atoms with Gasteiger partial charge in [0.15, 0.2) is 0 Å². The minimum absolute atomic E-state index is 0.154. The van der Waals surface area contributed by atoms with Gasteiger partial charge in [-0.2, -0.15) is 0 Å². The van der Waals surface area contributed by atoms with Crippen LogP contribution in [0, 0.1) is 0 Å². The highest BCUT2D eigenvalue weighted by Gasteiger charge is 2.07. The Morgan fingerprint density at radius 3 is 2.62 bits per heavy atom. The Morgan fingerprint density at radius 1 is 1.12 bits per heavy atom. The third-order valence-electron chi connectivity index (χ3n) is 2.26. The second-order valence-corrected chi connectivity index (χ2v) is 4.21. The molecule has 0 radical (unpaired) electrons. The van der Waals surface area contributed by atoms with Gasteiger partial charge in [0.25, 0.3) is 0 Å². The van der Waals surface area contributed by atoms with Crippen molar-refractivity contribution in [2.75, 3.05) is 5.32 Å². The zero-order valence-electron chi connectivity index (χ0n) is 8.89. The van der Waals surface area contributed by atoms with Crippen molar-refractivity contribution in [2.45, 2.75) is 13.0 Å². The van der Waals surface area contributed by atoms with E-state index in [4.69, 9.17) is 0 Å². The molecule has 4 heteroatoms.